The van der Waals surface area contributed by atoms with Crippen molar-refractivity contribution in [2.24, 2.45) is 5.92 Å². The maximum absolute atomic E-state index is 14.0. The van der Waals surface area contributed by atoms with Crippen LogP contribution in [0, 0.1) is 5.92 Å². The molecule has 0 unspecified atom stereocenters. The van der Waals surface area contributed by atoms with Crippen molar-refractivity contribution in [3.63, 3.8) is 0 Å². The highest BCUT2D eigenvalue weighted by Crippen LogP contribution is 2.68. The molecule has 4 bridgehead atoms. The van der Waals surface area contributed by atoms with E-state index in [2.05, 4.69) is 0 Å². The number of ketones is 2. The molecule has 6 nitrogen and oxygen atoms in total. The van der Waals surface area contributed by atoms with E-state index in [0.717, 1.165) is 5.57 Å². The molecule has 6 rings (SSSR count). The smallest absolute Gasteiger partial charge is 0.205 e. The molecule has 0 aromatic heterocycles. The molecule has 30 heavy (non-hydrogen) atoms. The van der Waals surface area contributed by atoms with Gasteiger partial charge in [-0.25, -0.2) is 0 Å². The standard InChI is InChI=1S/C24H26O6/c1-13(2)9-10-23-20(27)22(28-5)11-14-19(26)18-15(25)7-6-8-16(18)29-24(14,23)17(12-22)21(3,4)30-23/h6-9,11,17,25H,10,12H2,1-5H3/t17-,22-,23-,24+/m1/s1. The zero-order valence-corrected chi connectivity index (χ0v) is 17.9. The van der Waals surface area contributed by atoms with E-state index in [0.29, 0.717) is 12.0 Å². The van der Waals surface area contributed by atoms with Gasteiger partial charge in [0.1, 0.15) is 22.7 Å². The van der Waals surface area contributed by atoms with Crippen LogP contribution in [-0.2, 0) is 14.3 Å². The molecule has 1 saturated carbocycles. The first kappa shape index (κ1) is 19.5. The molecular weight excluding hydrogens is 384 g/mol. The number of aromatic hydroxyl groups is 1. The summed E-state index contributed by atoms with van der Waals surface area (Å²) in [6.07, 6.45) is 4.22. The van der Waals surface area contributed by atoms with Crippen molar-refractivity contribution in [2.45, 2.75) is 62.9 Å². The molecule has 5 aliphatic rings. The number of rotatable bonds is 3. The molecule has 6 heteroatoms. The zero-order valence-electron chi connectivity index (χ0n) is 17.9. The summed E-state index contributed by atoms with van der Waals surface area (Å²) in [5.74, 6) is -0.691. The van der Waals surface area contributed by atoms with Crippen molar-refractivity contribution < 1.29 is 28.9 Å². The molecule has 2 fully saturated rings. The van der Waals surface area contributed by atoms with E-state index < -0.39 is 22.4 Å². The Bertz CT molecular complexity index is 1060. The van der Waals surface area contributed by atoms with Gasteiger partial charge < -0.3 is 19.3 Å². The van der Waals surface area contributed by atoms with Crippen LogP contribution in [0.15, 0.2) is 41.5 Å². The number of Topliss-reactive ketones (excluding diaryl/α,β-unsaturated/α-hetero) is 2. The first-order chi connectivity index (χ1) is 14.0. The minimum Gasteiger partial charge on any atom is -0.507 e. The summed E-state index contributed by atoms with van der Waals surface area (Å²) in [4.78, 5) is 27.7. The molecular formula is C24H26O6. The summed E-state index contributed by atoms with van der Waals surface area (Å²) < 4.78 is 19.0. The van der Waals surface area contributed by atoms with Gasteiger partial charge in [-0.1, -0.05) is 17.7 Å². The summed E-state index contributed by atoms with van der Waals surface area (Å²) >= 11 is 0. The molecule has 0 radical (unpaired) electrons. The Labute approximate surface area is 175 Å². The third-order valence-electron chi connectivity index (χ3n) is 7.31. The normalized spacial score (nSPS) is 37.2. The maximum Gasteiger partial charge on any atom is 0.205 e. The summed E-state index contributed by atoms with van der Waals surface area (Å²) in [6.45, 7) is 7.80. The van der Waals surface area contributed by atoms with Crippen molar-refractivity contribution in [1.29, 1.82) is 0 Å². The van der Waals surface area contributed by atoms with Gasteiger partial charge in [0.2, 0.25) is 5.78 Å². The van der Waals surface area contributed by atoms with Gasteiger partial charge in [0, 0.05) is 25.0 Å². The SMILES string of the molecule is CO[C@]12C=C3C(=O)c4c(O)cccc4O[C@]34[C@H](C1)C(C)(C)O[C@]4(CC=C(C)C)C2=O. The number of allylic oxidation sites excluding steroid dienone is 1. The van der Waals surface area contributed by atoms with Gasteiger partial charge in [-0.2, -0.15) is 0 Å². The fraction of sp³-hybridized carbons (Fsp3) is 0.500. The van der Waals surface area contributed by atoms with E-state index >= 15 is 0 Å². The van der Waals surface area contributed by atoms with Gasteiger partial charge in [-0.15, -0.1) is 0 Å². The fourth-order valence-corrected chi connectivity index (χ4v) is 6.03. The van der Waals surface area contributed by atoms with E-state index in [4.69, 9.17) is 14.2 Å². The molecule has 0 amide bonds. The molecule has 2 aliphatic heterocycles. The Morgan fingerprint density at radius 2 is 2.03 bits per heavy atom. The van der Waals surface area contributed by atoms with Crippen molar-refractivity contribution in [1.82, 2.24) is 0 Å². The van der Waals surface area contributed by atoms with E-state index in [1.807, 2.05) is 33.8 Å². The maximum atomic E-state index is 14.0. The molecule has 1 aromatic rings. The number of phenols is 1. The number of fused-ring (bicyclic) bond motifs is 1. The Kier molecular flexibility index (Phi) is 3.66. The minimum absolute atomic E-state index is 0.121. The van der Waals surface area contributed by atoms with Gasteiger partial charge in [-0.3, -0.25) is 9.59 Å². The van der Waals surface area contributed by atoms with Crippen LogP contribution in [0.5, 0.6) is 11.5 Å². The Morgan fingerprint density at radius 3 is 2.70 bits per heavy atom. The Morgan fingerprint density at radius 1 is 1.30 bits per heavy atom. The van der Waals surface area contributed by atoms with Crippen LogP contribution in [0.4, 0.5) is 0 Å². The molecule has 158 valence electrons. The number of benzene rings is 1. The number of carbonyl (C=O) groups excluding carboxylic acids is 2. The van der Waals surface area contributed by atoms with E-state index in [1.54, 1.807) is 18.2 Å². The third-order valence-corrected chi connectivity index (χ3v) is 7.31. The van der Waals surface area contributed by atoms with Crippen LogP contribution in [0.25, 0.3) is 0 Å². The van der Waals surface area contributed by atoms with Gasteiger partial charge in [-0.05, 0) is 52.3 Å². The predicted octanol–water partition coefficient (Wildman–Crippen LogP) is 3.52. The van der Waals surface area contributed by atoms with Crippen LogP contribution in [0.1, 0.15) is 50.9 Å². The average Bonchev–Trinajstić information content (AvgIpc) is 2.84. The number of phenolic OH excluding ortho intramolecular Hbond substituents is 1. The first-order valence-corrected chi connectivity index (χ1v) is 10.3. The van der Waals surface area contributed by atoms with Crippen molar-refractivity contribution in [3.8, 4) is 11.5 Å². The number of hydrogen-bond donors (Lipinski definition) is 1. The molecule has 3 aliphatic carbocycles. The minimum atomic E-state index is -1.39. The number of ether oxygens (including phenoxy) is 3. The molecule has 1 N–H and O–H groups in total. The van der Waals surface area contributed by atoms with Gasteiger partial charge in [0.15, 0.2) is 17.0 Å². The summed E-state index contributed by atoms with van der Waals surface area (Å²) in [6, 6.07) is 4.76. The lowest BCUT2D eigenvalue weighted by Gasteiger charge is -2.59. The molecule has 4 atom stereocenters. The largest absolute Gasteiger partial charge is 0.507 e. The van der Waals surface area contributed by atoms with Crippen molar-refractivity contribution in [2.75, 3.05) is 7.11 Å². The number of methoxy groups -OCH3 is 1. The van der Waals surface area contributed by atoms with Gasteiger partial charge in [0.25, 0.3) is 0 Å². The highest BCUT2D eigenvalue weighted by molar-refractivity contribution is 6.19. The Balaban J connectivity index is 1.87. The van der Waals surface area contributed by atoms with Crippen LogP contribution in [0.2, 0.25) is 0 Å². The van der Waals surface area contributed by atoms with E-state index in [9.17, 15) is 14.7 Å². The average molecular weight is 410 g/mol. The van der Waals surface area contributed by atoms with Crippen molar-refractivity contribution >= 4 is 11.6 Å². The fourth-order valence-electron chi connectivity index (χ4n) is 6.03. The summed E-state index contributed by atoms with van der Waals surface area (Å²) in [5.41, 5.74) is -3.13. The van der Waals surface area contributed by atoms with Crippen LogP contribution < -0.4 is 4.74 Å². The van der Waals surface area contributed by atoms with Crippen molar-refractivity contribution in [3.05, 3.63) is 47.1 Å². The van der Waals surface area contributed by atoms with Gasteiger partial charge in [0.05, 0.1) is 5.60 Å². The predicted molar refractivity (Wildman–Crippen MR) is 109 cm³/mol. The van der Waals surface area contributed by atoms with Gasteiger partial charge >= 0.3 is 0 Å². The second kappa shape index (κ2) is 5.62. The van der Waals surface area contributed by atoms with E-state index in [1.165, 1.54) is 13.2 Å². The highest BCUT2D eigenvalue weighted by atomic mass is 16.6. The summed E-state index contributed by atoms with van der Waals surface area (Å²) in [5, 5.41) is 10.4. The van der Waals surface area contributed by atoms with Crippen LogP contribution in [0.3, 0.4) is 0 Å². The number of hydrogen-bond acceptors (Lipinski definition) is 6. The quantitative estimate of drug-likeness (QED) is 0.768. The molecule has 2 heterocycles. The van der Waals surface area contributed by atoms with Crippen LogP contribution >= 0.6 is 0 Å². The monoisotopic (exact) mass is 410 g/mol. The lowest BCUT2D eigenvalue weighted by atomic mass is 9.49. The second-order valence-corrected chi connectivity index (χ2v) is 9.57. The molecule has 1 spiro atoms. The third kappa shape index (κ3) is 1.97. The lowest BCUT2D eigenvalue weighted by Crippen LogP contribution is -2.77. The first-order valence-electron chi connectivity index (χ1n) is 10.3. The molecule has 1 saturated heterocycles. The summed E-state index contributed by atoms with van der Waals surface area (Å²) in [7, 11) is 1.49. The van der Waals surface area contributed by atoms with E-state index in [-0.39, 0.29) is 41.0 Å². The second-order valence-electron chi connectivity index (χ2n) is 9.57. The molecule has 1 aromatic carbocycles. The lowest BCUT2D eigenvalue weighted by molar-refractivity contribution is -0.189. The van der Waals surface area contributed by atoms with Crippen LogP contribution in [-0.4, -0.2) is 46.2 Å². The Hall–Kier alpha value is -2.44. The number of carbonyl (C=O) groups is 2. The zero-order chi connectivity index (χ0) is 21.7. The topological polar surface area (TPSA) is 82.1 Å². The highest BCUT2D eigenvalue weighted by Gasteiger charge is 2.84.